The van der Waals surface area contributed by atoms with Gasteiger partial charge in [-0.1, -0.05) is 0 Å². The molecule has 0 rings (SSSR count). The summed E-state index contributed by atoms with van der Waals surface area (Å²) in [6.07, 6.45) is 0.480. The highest BCUT2D eigenvalue weighted by molar-refractivity contribution is 5.76. The van der Waals surface area contributed by atoms with Crippen LogP contribution in [0, 0.1) is 16.7 Å². The first-order chi connectivity index (χ1) is 6.44. The highest BCUT2D eigenvalue weighted by Gasteiger charge is 2.29. The highest BCUT2D eigenvalue weighted by atomic mass is 16.5. The number of hydrogen-bond donors (Lipinski definition) is 0. The van der Waals surface area contributed by atoms with E-state index in [-0.39, 0.29) is 5.97 Å². The molecule has 0 N–H and O–H groups in total. The molecule has 14 heavy (non-hydrogen) atoms. The second kappa shape index (κ2) is 5.61. The molecule has 0 saturated heterocycles. The smallest absolute Gasteiger partial charge is 0.312 e. The minimum absolute atomic E-state index is 0.221. The number of carbonyl (C=O) groups is 1. The Kier molecular flexibility index (Phi) is 5.18. The van der Waals surface area contributed by atoms with E-state index in [0.717, 1.165) is 0 Å². The summed E-state index contributed by atoms with van der Waals surface area (Å²) in [4.78, 5) is 13.3. The summed E-state index contributed by atoms with van der Waals surface area (Å²) in [7, 11) is 3.28. The SMILES string of the molecule is COC(=O)C(C)(C)CN(C)CCC#N. The minimum Gasteiger partial charge on any atom is -0.469 e. The molecule has 0 unspecified atom stereocenters. The van der Waals surface area contributed by atoms with Crippen LogP contribution in [0.5, 0.6) is 0 Å². The zero-order valence-corrected chi connectivity index (χ0v) is 9.33. The lowest BCUT2D eigenvalue weighted by molar-refractivity contribution is -0.151. The van der Waals surface area contributed by atoms with Crippen molar-refractivity contribution in [2.45, 2.75) is 20.3 Å². The van der Waals surface area contributed by atoms with E-state index in [1.54, 1.807) is 0 Å². The first-order valence-corrected chi connectivity index (χ1v) is 4.58. The maximum atomic E-state index is 11.3. The lowest BCUT2D eigenvalue weighted by Crippen LogP contribution is -2.38. The zero-order chi connectivity index (χ0) is 11.2. The molecule has 4 nitrogen and oxygen atoms in total. The standard InChI is InChI=1S/C10H18N2O2/c1-10(2,9(13)14-4)8-12(3)7-5-6-11/h5,7-8H2,1-4H3. The van der Waals surface area contributed by atoms with Gasteiger partial charge in [0.05, 0.1) is 18.6 Å². The molecule has 0 atom stereocenters. The van der Waals surface area contributed by atoms with Crippen LogP contribution in [0.25, 0.3) is 0 Å². The maximum Gasteiger partial charge on any atom is 0.312 e. The van der Waals surface area contributed by atoms with Crippen molar-refractivity contribution in [1.82, 2.24) is 4.90 Å². The molecule has 0 aliphatic heterocycles. The van der Waals surface area contributed by atoms with E-state index in [2.05, 4.69) is 10.8 Å². The Morgan fingerprint density at radius 3 is 2.57 bits per heavy atom. The molecule has 0 aromatic heterocycles. The average molecular weight is 198 g/mol. The molecule has 80 valence electrons. The van der Waals surface area contributed by atoms with E-state index in [4.69, 9.17) is 5.26 Å². The van der Waals surface area contributed by atoms with Crippen molar-refractivity contribution in [1.29, 1.82) is 5.26 Å². The average Bonchev–Trinajstić information content (AvgIpc) is 2.12. The van der Waals surface area contributed by atoms with Gasteiger partial charge in [-0.15, -0.1) is 0 Å². The molecule has 0 amide bonds. The predicted molar refractivity (Wildman–Crippen MR) is 53.5 cm³/mol. The van der Waals surface area contributed by atoms with Gasteiger partial charge in [0.15, 0.2) is 0 Å². The van der Waals surface area contributed by atoms with Crippen molar-refractivity contribution in [3.63, 3.8) is 0 Å². The van der Waals surface area contributed by atoms with Gasteiger partial charge >= 0.3 is 5.97 Å². The Balaban J connectivity index is 4.08. The summed E-state index contributed by atoms with van der Waals surface area (Å²) in [6, 6.07) is 2.07. The summed E-state index contributed by atoms with van der Waals surface area (Å²) in [6.45, 7) is 4.95. The van der Waals surface area contributed by atoms with Crippen molar-refractivity contribution in [2.75, 3.05) is 27.2 Å². The van der Waals surface area contributed by atoms with Gasteiger partial charge in [0.1, 0.15) is 0 Å². The van der Waals surface area contributed by atoms with E-state index >= 15 is 0 Å². The van der Waals surface area contributed by atoms with Crippen LogP contribution in [0.1, 0.15) is 20.3 Å². The van der Waals surface area contributed by atoms with Gasteiger partial charge < -0.3 is 9.64 Å². The molecule has 0 heterocycles. The Labute approximate surface area is 85.5 Å². The van der Waals surface area contributed by atoms with Crippen molar-refractivity contribution < 1.29 is 9.53 Å². The minimum atomic E-state index is -0.515. The van der Waals surface area contributed by atoms with E-state index in [1.807, 2.05) is 25.8 Å². The Hall–Kier alpha value is -1.08. The summed E-state index contributed by atoms with van der Waals surface area (Å²) in [5.74, 6) is -0.221. The Morgan fingerprint density at radius 2 is 2.14 bits per heavy atom. The van der Waals surface area contributed by atoms with Gasteiger partial charge in [0, 0.05) is 19.5 Å². The van der Waals surface area contributed by atoms with Gasteiger partial charge in [-0.05, 0) is 20.9 Å². The number of ether oxygens (including phenoxy) is 1. The number of hydrogen-bond acceptors (Lipinski definition) is 4. The van der Waals surface area contributed by atoms with E-state index < -0.39 is 5.41 Å². The van der Waals surface area contributed by atoms with Crippen molar-refractivity contribution in [3.05, 3.63) is 0 Å². The molecule has 0 saturated carbocycles. The van der Waals surface area contributed by atoms with Crippen LogP contribution >= 0.6 is 0 Å². The monoisotopic (exact) mass is 198 g/mol. The fourth-order valence-electron chi connectivity index (χ4n) is 1.34. The zero-order valence-electron chi connectivity index (χ0n) is 9.33. The normalized spacial score (nSPS) is 11.1. The molecule has 0 spiro atoms. The fourth-order valence-corrected chi connectivity index (χ4v) is 1.34. The van der Waals surface area contributed by atoms with Crippen molar-refractivity contribution in [2.24, 2.45) is 5.41 Å². The molecule has 0 aromatic carbocycles. The topological polar surface area (TPSA) is 53.3 Å². The van der Waals surface area contributed by atoms with Crippen LogP contribution < -0.4 is 0 Å². The number of methoxy groups -OCH3 is 1. The van der Waals surface area contributed by atoms with Gasteiger partial charge in [-0.3, -0.25) is 4.79 Å². The third-order valence-corrected chi connectivity index (χ3v) is 2.01. The maximum absolute atomic E-state index is 11.3. The van der Waals surface area contributed by atoms with Crippen LogP contribution in [0.4, 0.5) is 0 Å². The van der Waals surface area contributed by atoms with Crippen LogP contribution in [-0.2, 0) is 9.53 Å². The molecule has 0 fully saturated rings. The Bertz CT molecular complexity index is 231. The Morgan fingerprint density at radius 1 is 1.57 bits per heavy atom. The molecule has 0 aliphatic carbocycles. The first-order valence-electron chi connectivity index (χ1n) is 4.58. The summed E-state index contributed by atoms with van der Waals surface area (Å²) in [5, 5.41) is 8.40. The number of carbonyl (C=O) groups excluding carboxylic acids is 1. The highest BCUT2D eigenvalue weighted by Crippen LogP contribution is 2.18. The van der Waals surface area contributed by atoms with E-state index in [1.165, 1.54) is 7.11 Å². The van der Waals surface area contributed by atoms with Crippen molar-refractivity contribution in [3.8, 4) is 6.07 Å². The van der Waals surface area contributed by atoms with Gasteiger partial charge in [0.2, 0.25) is 0 Å². The predicted octanol–water partition coefficient (Wildman–Crippen LogP) is 1.03. The lowest BCUT2D eigenvalue weighted by atomic mass is 9.93. The molecular weight excluding hydrogens is 180 g/mol. The number of nitriles is 1. The number of nitrogens with zero attached hydrogens (tertiary/aromatic N) is 2. The van der Waals surface area contributed by atoms with Crippen LogP contribution in [0.15, 0.2) is 0 Å². The van der Waals surface area contributed by atoms with Crippen LogP contribution in [0.2, 0.25) is 0 Å². The first kappa shape index (κ1) is 12.9. The third kappa shape index (κ3) is 4.24. The fraction of sp³-hybridized carbons (Fsp3) is 0.800. The summed E-state index contributed by atoms with van der Waals surface area (Å²) < 4.78 is 4.69. The van der Waals surface area contributed by atoms with Crippen LogP contribution in [-0.4, -0.2) is 38.1 Å². The van der Waals surface area contributed by atoms with E-state index in [9.17, 15) is 4.79 Å². The van der Waals surface area contributed by atoms with Gasteiger partial charge in [0.25, 0.3) is 0 Å². The lowest BCUT2D eigenvalue weighted by Gasteiger charge is -2.27. The molecule has 0 aliphatic rings. The van der Waals surface area contributed by atoms with Gasteiger partial charge in [-0.25, -0.2) is 0 Å². The van der Waals surface area contributed by atoms with Gasteiger partial charge in [-0.2, -0.15) is 5.26 Å². The second-order valence-electron chi connectivity index (χ2n) is 4.02. The summed E-state index contributed by atoms with van der Waals surface area (Å²) >= 11 is 0. The van der Waals surface area contributed by atoms with Crippen molar-refractivity contribution >= 4 is 5.97 Å². The number of esters is 1. The molecular formula is C10H18N2O2. The summed E-state index contributed by atoms with van der Waals surface area (Å²) in [5.41, 5.74) is -0.515. The van der Waals surface area contributed by atoms with Crippen LogP contribution in [0.3, 0.4) is 0 Å². The second-order valence-corrected chi connectivity index (χ2v) is 4.02. The largest absolute Gasteiger partial charge is 0.469 e. The number of rotatable bonds is 5. The van der Waals surface area contributed by atoms with E-state index in [0.29, 0.717) is 19.5 Å². The molecule has 4 heteroatoms. The third-order valence-electron chi connectivity index (χ3n) is 2.01. The molecule has 0 bridgehead atoms. The molecule has 0 aromatic rings. The quantitative estimate of drug-likeness (QED) is 0.619. The molecule has 0 radical (unpaired) electrons.